The van der Waals surface area contributed by atoms with Crippen molar-refractivity contribution < 1.29 is 0 Å². The Bertz CT molecular complexity index is 564. The average Bonchev–Trinajstić information content (AvgIpc) is 2.21. The summed E-state index contributed by atoms with van der Waals surface area (Å²) in [6, 6.07) is 4.10. The molecule has 0 aliphatic rings. The summed E-state index contributed by atoms with van der Waals surface area (Å²) >= 11 is 9.93. The lowest BCUT2D eigenvalue weighted by atomic mass is 10.1. The van der Waals surface area contributed by atoms with Gasteiger partial charge < -0.3 is 0 Å². The summed E-state index contributed by atoms with van der Waals surface area (Å²) in [7, 11) is 0. The Labute approximate surface area is 109 Å². The fourth-order valence-corrected chi connectivity index (χ4v) is 3.01. The van der Waals surface area contributed by atoms with Crippen LogP contribution in [0.15, 0.2) is 16.6 Å². The predicted molar refractivity (Wildman–Crippen MR) is 73.3 cm³/mol. The molecule has 3 heteroatoms. The highest BCUT2D eigenvalue weighted by atomic mass is 79.9. The topological polar surface area (TPSA) is 12.9 Å². The van der Waals surface area contributed by atoms with Crippen molar-refractivity contribution >= 4 is 38.4 Å². The van der Waals surface area contributed by atoms with Crippen LogP contribution in [0.5, 0.6) is 0 Å². The third-order valence-electron chi connectivity index (χ3n) is 2.84. The number of aryl methyl sites for hydroxylation is 2. The van der Waals surface area contributed by atoms with Crippen molar-refractivity contribution in [2.24, 2.45) is 0 Å². The third-order valence-corrected chi connectivity index (χ3v) is 3.73. The van der Waals surface area contributed by atoms with E-state index in [1.807, 2.05) is 13.0 Å². The molecule has 16 heavy (non-hydrogen) atoms. The highest BCUT2D eigenvalue weighted by Crippen LogP contribution is 2.32. The van der Waals surface area contributed by atoms with Crippen LogP contribution in [0, 0.1) is 13.8 Å². The van der Waals surface area contributed by atoms with E-state index in [0.29, 0.717) is 0 Å². The number of halogens is 2. The minimum atomic E-state index is 0.842. The van der Waals surface area contributed by atoms with Crippen LogP contribution in [0.1, 0.15) is 23.7 Å². The number of rotatable bonds is 1. The number of pyridine rings is 1. The standard InChI is InChI=1S/C13H13BrClN/c1-4-10-8(3)16-13-7(2)5-9(14)6-11(13)12(10)15/h5-6H,4H2,1-3H3. The molecule has 1 aromatic carbocycles. The van der Waals surface area contributed by atoms with E-state index in [2.05, 4.69) is 40.8 Å². The normalized spacial score (nSPS) is 11.1. The molecule has 2 aromatic rings. The first-order valence-electron chi connectivity index (χ1n) is 5.29. The highest BCUT2D eigenvalue weighted by Gasteiger charge is 2.11. The number of hydrogen-bond donors (Lipinski definition) is 0. The minimum absolute atomic E-state index is 0.842. The highest BCUT2D eigenvalue weighted by molar-refractivity contribution is 9.10. The Balaban J connectivity index is 2.93. The summed E-state index contributed by atoms with van der Waals surface area (Å²) in [5, 5.41) is 1.88. The molecule has 0 fully saturated rings. The minimum Gasteiger partial charge on any atom is -0.252 e. The van der Waals surface area contributed by atoms with Crippen LogP contribution in [0.25, 0.3) is 10.9 Å². The fourth-order valence-electron chi connectivity index (χ4n) is 2.02. The Hall–Kier alpha value is -0.600. The van der Waals surface area contributed by atoms with E-state index in [9.17, 15) is 0 Å². The van der Waals surface area contributed by atoms with Crippen LogP contribution in [-0.2, 0) is 6.42 Å². The van der Waals surface area contributed by atoms with E-state index in [1.165, 1.54) is 0 Å². The lowest BCUT2D eigenvalue weighted by molar-refractivity contribution is 1.07. The molecule has 0 atom stereocenters. The van der Waals surface area contributed by atoms with Gasteiger partial charge in [-0.15, -0.1) is 0 Å². The van der Waals surface area contributed by atoms with Crippen LogP contribution in [0.4, 0.5) is 0 Å². The molecular formula is C13H13BrClN. The van der Waals surface area contributed by atoms with E-state index >= 15 is 0 Å². The van der Waals surface area contributed by atoms with Crippen molar-refractivity contribution in [3.8, 4) is 0 Å². The first-order chi connectivity index (χ1) is 7.54. The summed E-state index contributed by atoms with van der Waals surface area (Å²) in [6.45, 7) is 6.18. The zero-order valence-electron chi connectivity index (χ0n) is 9.56. The third kappa shape index (κ3) is 1.85. The van der Waals surface area contributed by atoms with Gasteiger partial charge in [0.15, 0.2) is 0 Å². The van der Waals surface area contributed by atoms with Crippen LogP contribution in [0.2, 0.25) is 5.02 Å². The molecule has 0 aliphatic heterocycles. The van der Waals surface area contributed by atoms with Crippen molar-refractivity contribution in [3.63, 3.8) is 0 Å². The smallest absolute Gasteiger partial charge is 0.0750 e. The second-order valence-electron chi connectivity index (χ2n) is 3.96. The maximum Gasteiger partial charge on any atom is 0.0750 e. The molecule has 0 saturated carbocycles. The summed E-state index contributed by atoms with van der Waals surface area (Å²) in [5.41, 5.74) is 4.33. The van der Waals surface area contributed by atoms with Gasteiger partial charge in [-0.3, -0.25) is 4.98 Å². The molecule has 2 rings (SSSR count). The summed E-state index contributed by atoms with van der Waals surface area (Å²) in [5.74, 6) is 0. The quantitative estimate of drug-likeness (QED) is 0.735. The first kappa shape index (κ1) is 11.9. The van der Waals surface area contributed by atoms with E-state index < -0.39 is 0 Å². The molecule has 0 N–H and O–H groups in total. The number of benzene rings is 1. The van der Waals surface area contributed by atoms with Crippen LogP contribution >= 0.6 is 27.5 Å². The van der Waals surface area contributed by atoms with Crippen molar-refractivity contribution in [2.45, 2.75) is 27.2 Å². The van der Waals surface area contributed by atoms with Crippen molar-refractivity contribution in [2.75, 3.05) is 0 Å². The van der Waals surface area contributed by atoms with E-state index in [1.54, 1.807) is 0 Å². The SMILES string of the molecule is CCc1c(C)nc2c(C)cc(Br)cc2c1Cl. The first-order valence-corrected chi connectivity index (χ1v) is 6.46. The zero-order valence-corrected chi connectivity index (χ0v) is 11.9. The second kappa shape index (κ2) is 4.34. The van der Waals surface area contributed by atoms with Crippen LogP contribution in [-0.4, -0.2) is 4.98 Å². The molecule has 1 heterocycles. The zero-order chi connectivity index (χ0) is 11.9. The number of hydrogen-bond acceptors (Lipinski definition) is 1. The molecule has 0 bridgehead atoms. The van der Waals surface area contributed by atoms with Gasteiger partial charge in [0, 0.05) is 15.6 Å². The largest absolute Gasteiger partial charge is 0.252 e. The molecular weight excluding hydrogens is 286 g/mol. The number of fused-ring (bicyclic) bond motifs is 1. The van der Waals surface area contributed by atoms with Crippen LogP contribution in [0.3, 0.4) is 0 Å². The Kier molecular flexibility index (Phi) is 3.22. The van der Waals surface area contributed by atoms with Gasteiger partial charge in [-0.25, -0.2) is 0 Å². The van der Waals surface area contributed by atoms with Gasteiger partial charge in [-0.1, -0.05) is 34.5 Å². The molecule has 0 spiro atoms. The van der Waals surface area contributed by atoms with Gasteiger partial charge in [0.25, 0.3) is 0 Å². The Morgan fingerprint density at radius 2 is 2.00 bits per heavy atom. The number of aromatic nitrogens is 1. The van der Waals surface area contributed by atoms with Crippen molar-refractivity contribution in [1.82, 2.24) is 4.98 Å². The van der Waals surface area contributed by atoms with E-state index in [-0.39, 0.29) is 0 Å². The van der Waals surface area contributed by atoms with Gasteiger partial charge >= 0.3 is 0 Å². The van der Waals surface area contributed by atoms with Crippen molar-refractivity contribution in [3.05, 3.63) is 38.4 Å². The number of nitrogens with zero attached hydrogens (tertiary/aromatic N) is 1. The molecule has 84 valence electrons. The molecule has 0 radical (unpaired) electrons. The van der Waals surface area contributed by atoms with E-state index in [0.717, 1.165) is 43.6 Å². The van der Waals surface area contributed by atoms with Gasteiger partial charge in [-0.05, 0) is 43.5 Å². The maximum absolute atomic E-state index is 6.43. The average molecular weight is 299 g/mol. The molecule has 1 aromatic heterocycles. The summed E-state index contributed by atoms with van der Waals surface area (Å²) in [6.07, 6.45) is 0.916. The van der Waals surface area contributed by atoms with Crippen LogP contribution < -0.4 is 0 Å². The lowest BCUT2D eigenvalue weighted by Gasteiger charge is -2.11. The Morgan fingerprint density at radius 3 is 2.62 bits per heavy atom. The second-order valence-corrected chi connectivity index (χ2v) is 5.26. The Morgan fingerprint density at radius 1 is 1.31 bits per heavy atom. The van der Waals surface area contributed by atoms with Gasteiger partial charge in [0.1, 0.15) is 0 Å². The molecule has 1 nitrogen and oxygen atoms in total. The summed E-state index contributed by atoms with van der Waals surface area (Å²) < 4.78 is 1.05. The molecule has 0 aliphatic carbocycles. The van der Waals surface area contributed by atoms with E-state index in [4.69, 9.17) is 11.6 Å². The van der Waals surface area contributed by atoms with Gasteiger partial charge in [-0.2, -0.15) is 0 Å². The molecule has 0 unspecified atom stereocenters. The van der Waals surface area contributed by atoms with Gasteiger partial charge in [0.05, 0.1) is 10.5 Å². The monoisotopic (exact) mass is 297 g/mol. The predicted octanol–water partition coefficient (Wildman–Crippen LogP) is 4.83. The summed E-state index contributed by atoms with van der Waals surface area (Å²) in [4.78, 5) is 4.64. The molecule has 0 saturated heterocycles. The fraction of sp³-hybridized carbons (Fsp3) is 0.308. The molecule has 0 amide bonds. The van der Waals surface area contributed by atoms with Crippen molar-refractivity contribution in [1.29, 1.82) is 0 Å². The maximum atomic E-state index is 6.43. The lowest BCUT2D eigenvalue weighted by Crippen LogP contribution is -1.96. The van der Waals surface area contributed by atoms with Gasteiger partial charge in [0.2, 0.25) is 0 Å².